The van der Waals surface area contributed by atoms with Crippen molar-refractivity contribution in [3.05, 3.63) is 30.1 Å². The number of pyridine rings is 1. The van der Waals surface area contributed by atoms with Crippen LogP contribution >= 0.6 is 0 Å². The number of nitrogens with zero attached hydrogens (tertiary/aromatic N) is 4. The number of rotatable bonds is 9. The van der Waals surface area contributed by atoms with Crippen molar-refractivity contribution in [3.8, 4) is 0 Å². The minimum Gasteiger partial charge on any atom is -0.379 e. The molecular weight excluding hydrogens is 424 g/mol. The highest BCUT2D eigenvalue weighted by Crippen LogP contribution is 2.26. The van der Waals surface area contributed by atoms with Crippen LogP contribution in [0.2, 0.25) is 0 Å². The Balaban J connectivity index is 1.79. The lowest BCUT2D eigenvalue weighted by Crippen LogP contribution is -2.49. The van der Waals surface area contributed by atoms with Gasteiger partial charge in [0.05, 0.1) is 24.8 Å². The number of likely N-dealkylation sites (tertiary alicyclic amines) is 1. The van der Waals surface area contributed by atoms with E-state index >= 15 is 0 Å². The van der Waals surface area contributed by atoms with Crippen molar-refractivity contribution < 1.29 is 19.1 Å². The molecule has 33 heavy (non-hydrogen) atoms. The van der Waals surface area contributed by atoms with Crippen LogP contribution in [0.5, 0.6) is 0 Å². The molecule has 2 aliphatic heterocycles. The van der Waals surface area contributed by atoms with Crippen LogP contribution in [0.15, 0.2) is 24.5 Å². The number of morpholine rings is 1. The Morgan fingerprint density at radius 1 is 1.30 bits per heavy atom. The first kappa shape index (κ1) is 25.1. The SMILES string of the molecule is CC(C)C(=O)N(CCN1CCOCC1)C1CC(C(=O)NCCN)N(C(=O)c2cccnc2)C1. The Labute approximate surface area is 195 Å². The Kier molecular flexibility index (Phi) is 9.16. The normalized spacial score (nSPS) is 21.3. The predicted octanol–water partition coefficient (Wildman–Crippen LogP) is -0.444. The maximum atomic E-state index is 13.3. The van der Waals surface area contributed by atoms with E-state index in [-0.39, 0.29) is 29.7 Å². The van der Waals surface area contributed by atoms with Crippen molar-refractivity contribution in [1.82, 2.24) is 25.0 Å². The number of hydrogen-bond acceptors (Lipinski definition) is 7. The van der Waals surface area contributed by atoms with E-state index in [2.05, 4.69) is 15.2 Å². The van der Waals surface area contributed by atoms with E-state index in [0.29, 0.717) is 51.4 Å². The van der Waals surface area contributed by atoms with Crippen molar-refractivity contribution in [3.63, 3.8) is 0 Å². The van der Waals surface area contributed by atoms with Gasteiger partial charge in [-0.3, -0.25) is 24.3 Å². The van der Waals surface area contributed by atoms with Gasteiger partial charge in [-0.25, -0.2) is 0 Å². The molecule has 2 fully saturated rings. The monoisotopic (exact) mass is 460 g/mol. The van der Waals surface area contributed by atoms with E-state index in [1.807, 2.05) is 18.7 Å². The van der Waals surface area contributed by atoms with Crippen LogP contribution in [0.4, 0.5) is 0 Å². The molecule has 3 N–H and O–H groups in total. The molecule has 0 bridgehead atoms. The molecule has 3 heterocycles. The van der Waals surface area contributed by atoms with Crippen LogP contribution in [0, 0.1) is 5.92 Å². The number of nitrogens with one attached hydrogen (secondary N) is 1. The summed E-state index contributed by atoms with van der Waals surface area (Å²) in [5.74, 6) is -0.652. The summed E-state index contributed by atoms with van der Waals surface area (Å²) in [7, 11) is 0. The standard InChI is InChI=1S/C23H36N6O4/c1-17(2)22(31)28(9-8-27-10-12-33-13-11-27)19-14-20(21(30)26-7-5-24)29(16-19)23(32)18-4-3-6-25-15-18/h3-4,6,15,17,19-20H,5,7-14,16,24H2,1-2H3,(H,26,30). The second-order valence-electron chi connectivity index (χ2n) is 8.82. The van der Waals surface area contributed by atoms with E-state index in [9.17, 15) is 14.4 Å². The van der Waals surface area contributed by atoms with Gasteiger partial charge in [-0.05, 0) is 18.6 Å². The quantitative estimate of drug-likeness (QED) is 0.512. The Morgan fingerprint density at radius 3 is 2.70 bits per heavy atom. The largest absolute Gasteiger partial charge is 0.379 e. The van der Waals surface area contributed by atoms with Gasteiger partial charge >= 0.3 is 0 Å². The second kappa shape index (κ2) is 12.1. The van der Waals surface area contributed by atoms with Gasteiger partial charge in [0.15, 0.2) is 0 Å². The van der Waals surface area contributed by atoms with E-state index in [4.69, 9.17) is 10.5 Å². The van der Waals surface area contributed by atoms with E-state index in [1.54, 1.807) is 23.2 Å². The summed E-state index contributed by atoms with van der Waals surface area (Å²) < 4.78 is 5.42. The fourth-order valence-electron chi connectivity index (χ4n) is 4.36. The summed E-state index contributed by atoms with van der Waals surface area (Å²) >= 11 is 0. The molecule has 2 unspecified atom stereocenters. The number of ether oxygens (including phenoxy) is 1. The highest BCUT2D eigenvalue weighted by atomic mass is 16.5. The van der Waals surface area contributed by atoms with Crippen molar-refractivity contribution in [2.45, 2.75) is 32.4 Å². The van der Waals surface area contributed by atoms with Gasteiger partial charge in [-0.1, -0.05) is 13.8 Å². The molecule has 2 atom stereocenters. The molecule has 1 aromatic heterocycles. The van der Waals surface area contributed by atoms with Crippen molar-refractivity contribution in [2.75, 3.05) is 59.0 Å². The molecule has 2 saturated heterocycles. The first-order valence-corrected chi connectivity index (χ1v) is 11.7. The predicted molar refractivity (Wildman–Crippen MR) is 123 cm³/mol. The van der Waals surface area contributed by atoms with E-state index < -0.39 is 6.04 Å². The molecule has 0 aromatic carbocycles. The fraction of sp³-hybridized carbons (Fsp3) is 0.652. The van der Waals surface area contributed by atoms with Gasteiger partial charge in [-0.2, -0.15) is 0 Å². The van der Waals surface area contributed by atoms with Crippen LogP contribution in [-0.4, -0.2) is 109 Å². The Bertz CT molecular complexity index is 799. The molecule has 10 heteroatoms. The molecule has 10 nitrogen and oxygen atoms in total. The van der Waals surface area contributed by atoms with Crippen LogP contribution in [-0.2, 0) is 14.3 Å². The highest BCUT2D eigenvalue weighted by Gasteiger charge is 2.43. The first-order chi connectivity index (χ1) is 15.9. The molecule has 0 aliphatic carbocycles. The van der Waals surface area contributed by atoms with Crippen LogP contribution in [0.25, 0.3) is 0 Å². The highest BCUT2D eigenvalue weighted by molar-refractivity contribution is 5.98. The Morgan fingerprint density at radius 2 is 2.06 bits per heavy atom. The van der Waals surface area contributed by atoms with E-state index in [1.165, 1.54) is 6.20 Å². The van der Waals surface area contributed by atoms with Gasteiger partial charge in [0.2, 0.25) is 11.8 Å². The minimum absolute atomic E-state index is 0.0325. The summed E-state index contributed by atoms with van der Waals surface area (Å²) in [6.07, 6.45) is 3.49. The smallest absolute Gasteiger partial charge is 0.256 e. The summed E-state index contributed by atoms with van der Waals surface area (Å²) in [5.41, 5.74) is 5.97. The number of carbonyl (C=O) groups excluding carboxylic acids is 3. The lowest BCUT2D eigenvalue weighted by atomic mass is 10.1. The molecule has 2 aliphatic rings. The summed E-state index contributed by atoms with van der Waals surface area (Å²) in [6.45, 7) is 9.05. The molecule has 3 rings (SSSR count). The summed E-state index contributed by atoms with van der Waals surface area (Å²) in [6, 6.07) is 2.48. The van der Waals surface area contributed by atoms with Gasteiger partial charge in [-0.15, -0.1) is 0 Å². The summed E-state index contributed by atoms with van der Waals surface area (Å²) in [4.78, 5) is 49.1. The number of carbonyl (C=O) groups is 3. The summed E-state index contributed by atoms with van der Waals surface area (Å²) in [5, 5.41) is 2.81. The third-order valence-electron chi connectivity index (χ3n) is 6.17. The molecule has 0 radical (unpaired) electrons. The Hall–Kier alpha value is -2.56. The average molecular weight is 461 g/mol. The zero-order valence-corrected chi connectivity index (χ0v) is 19.6. The number of nitrogens with two attached hydrogens (primary N) is 1. The van der Waals surface area contributed by atoms with Gasteiger partial charge in [0.1, 0.15) is 6.04 Å². The van der Waals surface area contributed by atoms with Crippen LogP contribution in [0.3, 0.4) is 0 Å². The van der Waals surface area contributed by atoms with Gasteiger partial charge in [0, 0.05) is 64.1 Å². The average Bonchev–Trinajstić information content (AvgIpc) is 3.28. The third-order valence-corrected chi connectivity index (χ3v) is 6.17. The molecule has 0 spiro atoms. The maximum absolute atomic E-state index is 13.3. The molecule has 1 aromatic rings. The maximum Gasteiger partial charge on any atom is 0.256 e. The lowest BCUT2D eigenvalue weighted by Gasteiger charge is -2.34. The first-order valence-electron chi connectivity index (χ1n) is 11.7. The fourth-order valence-corrected chi connectivity index (χ4v) is 4.36. The van der Waals surface area contributed by atoms with Crippen molar-refractivity contribution >= 4 is 17.7 Å². The van der Waals surface area contributed by atoms with Crippen molar-refractivity contribution in [2.24, 2.45) is 11.7 Å². The zero-order chi connectivity index (χ0) is 23.8. The van der Waals surface area contributed by atoms with Gasteiger partial charge < -0.3 is 25.6 Å². The molecule has 182 valence electrons. The van der Waals surface area contributed by atoms with E-state index in [0.717, 1.165) is 19.6 Å². The third kappa shape index (κ3) is 6.49. The van der Waals surface area contributed by atoms with Crippen LogP contribution in [0.1, 0.15) is 30.6 Å². The number of amides is 3. The topological polar surface area (TPSA) is 121 Å². The molecule has 3 amide bonds. The van der Waals surface area contributed by atoms with Crippen LogP contribution < -0.4 is 11.1 Å². The van der Waals surface area contributed by atoms with Gasteiger partial charge in [0.25, 0.3) is 5.91 Å². The number of aromatic nitrogens is 1. The molecular formula is C23H36N6O4. The molecule has 0 saturated carbocycles. The second-order valence-corrected chi connectivity index (χ2v) is 8.82. The lowest BCUT2D eigenvalue weighted by molar-refractivity contribution is -0.137. The number of hydrogen-bond donors (Lipinski definition) is 2. The minimum atomic E-state index is -0.667. The van der Waals surface area contributed by atoms with Crippen molar-refractivity contribution in [1.29, 1.82) is 0 Å². The zero-order valence-electron chi connectivity index (χ0n) is 19.6.